The van der Waals surface area contributed by atoms with Gasteiger partial charge in [-0.2, -0.15) is 28.6 Å². The van der Waals surface area contributed by atoms with E-state index in [1.165, 1.54) is 23.0 Å². The fourth-order valence-electron chi connectivity index (χ4n) is 2.47. The van der Waals surface area contributed by atoms with E-state index in [1.54, 1.807) is 13.1 Å². The number of thioether (sulfide) groups is 2. The Morgan fingerprint density at radius 3 is 2.79 bits per heavy atom. The monoisotopic (exact) mass is 425 g/mol. The summed E-state index contributed by atoms with van der Waals surface area (Å²) in [5, 5.41) is 18.6. The van der Waals surface area contributed by atoms with Gasteiger partial charge in [0.25, 0.3) is 5.56 Å². The van der Waals surface area contributed by atoms with Crippen LogP contribution in [0.25, 0.3) is 0 Å². The molecule has 0 unspecified atom stereocenters. The number of benzene rings is 1. The lowest BCUT2D eigenvalue weighted by Crippen LogP contribution is -2.33. The van der Waals surface area contributed by atoms with E-state index in [1.807, 2.05) is 19.1 Å². The van der Waals surface area contributed by atoms with Crippen molar-refractivity contribution in [3.05, 3.63) is 51.4 Å². The van der Waals surface area contributed by atoms with Crippen LogP contribution in [-0.2, 0) is 12.3 Å². The van der Waals surface area contributed by atoms with Crippen molar-refractivity contribution >= 4 is 33.6 Å². The lowest BCUT2D eigenvalue weighted by atomic mass is 10.1. The van der Waals surface area contributed by atoms with Crippen molar-refractivity contribution in [2.75, 3.05) is 12.1 Å². The third-order valence-corrected chi connectivity index (χ3v) is 6.05. The average molecular weight is 425 g/mol. The third kappa shape index (κ3) is 4.51. The van der Waals surface area contributed by atoms with Crippen molar-refractivity contribution in [2.45, 2.75) is 30.3 Å². The van der Waals surface area contributed by atoms with Gasteiger partial charge >= 0.3 is 6.18 Å². The molecule has 0 spiro atoms. The quantitative estimate of drug-likeness (QED) is 0.746. The highest BCUT2D eigenvalue weighted by atomic mass is 32.2. The SMILES string of the molecule is Cc1ccc(CSC2=NN(C)c3cnn(CC(F)(F)F)c(=O)c3S2)c(C#N)c1. The number of nitriles is 1. The van der Waals surface area contributed by atoms with Crippen LogP contribution >= 0.6 is 23.5 Å². The number of hydrazone groups is 1. The van der Waals surface area contributed by atoms with Gasteiger partial charge in [0.05, 0.1) is 23.5 Å². The van der Waals surface area contributed by atoms with Crippen molar-refractivity contribution in [2.24, 2.45) is 5.10 Å². The number of nitrogens with zero attached hydrogens (tertiary/aromatic N) is 5. The highest BCUT2D eigenvalue weighted by Gasteiger charge is 2.31. The molecule has 1 aromatic heterocycles. The van der Waals surface area contributed by atoms with Gasteiger partial charge in [0.1, 0.15) is 11.4 Å². The highest BCUT2D eigenvalue weighted by molar-refractivity contribution is 8.38. The molecule has 6 nitrogen and oxygen atoms in total. The predicted octanol–water partition coefficient (Wildman–Crippen LogP) is 3.73. The van der Waals surface area contributed by atoms with Gasteiger partial charge in [-0.3, -0.25) is 9.80 Å². The van der Waals surface area contributed by atoms with Crippen LogP contribution in [0.1, 0.15) is 16.7 Å². The first-order chi connectivity index (χ1) is 13.2. The second-order valence-electron chi connectivity index (χ2n) is 5.99. The summed E-state index contributed by atoms with van der Waals surface area (Å²) >= 11 is 2.32. The van der Waals surface area contributed by atoms with Crippen molar-refractivity contribution in [1.82, 2.24) is 9.78 Å². The number of rotatable bonds is 3. The third-order valence-electron chi connectivity index (χ3n) is 3.82. The second kappa shape index (κ2) is 7.89. The Balaban J connectivity index is 1.82. The van der Waals surface area contributed by atoms with E-state index >= 15 is 0 Å². The second-order valence-corrected chi connectivity index (χ2v) is 8.21. The number of aryl methyl sites for hydroxylation is 1. The van der Waals surface area contributed by atoms with Crippen molar-refractivity contribution in [3.63, 3.8) is 0 Å². The zero-order valence-electron chi connectivity index (χ0n) is 14.8. The number of aromatic nitrogens is 2. The number of anilines is 1. The molecule has 0 aliphatic carbocycles. The number of fused-ring (bicyclic) bond motifs is 1. The molecular weight excluding hydrogens is 411 g/mol. The van der Waals surface area contributed by atoms with Crippen LogP contribution in [0.15, 0.2) is 39.2 Å². The van der Waals surface area contributed by atoms with E-state index in [9.17, 15) is 23.2 Å². The molecule has 146 valence electrons. The summed E-state index contributed by atoms with van der Waals surface area (Å²) in [5.41, 5.74) is 1.89. The topological polar surface area (TPSA) is 74.3 Å². The van der Waals surface area contributed by atoms with Crippen molar-refractivity contribution in [1.29, 1.82) is 5.26 Å². The molecular formula is C17H14F3N5OS2. The summed E-state index contributed by atoms with van der Waals surface area (Å²) in [6, 6.07) is 7.69. The van der Waals surface area contributed by atoms with E-state index in [4.69, 9.17) is 0 Å². The number of hydrogen-bond acceptors (Lipinski definition) is 7. The molecule has 1 aliphatic rings. The Kier molecular flexibility index (Phi) is 5.71. The maximum atomic E-state index is 12.6. The molecule has 0 bridgehead atoms. The van der Waals surface area contributed by atoms with E-state index in [0.29, 0.717) is 26.1 Å². The fourth-order valence-corrected chi connectivity index (χ4v) is 4.67. The zero-order chi connectivity index (χ0) is 20.5. The minimum absolute atomic E-state index is 0.142. The molecule has 0 radical (unpaired) electrons. The van der Waals surface area contributed by atoms with E-state index in [0.717, 1.165) is 22.9 Å². The molecule has 11 heteroatoms. The van der Waals surface area contributed by atoms with Crippen LogP contribution in [0, 0.1) is 18.3 Å². The van der Waals surface area contributed by atoms with Gasteiger partial charge in [-0.15, -0.1) is 0 Å². The Morgan fingerprint density at radius 1 is 1.36 bits per heavy atom. The predicted molar refractivity (Wildman–Crippen MR) is 103 cm³/mol. The molecule has 1 aromatic carbocycles. The lowest BCUT2D eigenvalue weighted by Gasteiger charge is -2.23. The first-order valence-electron chi connectivity index (χ1n) is 7.97. The number of alkyl halides is 3. The normalized spacial score (nSPS) is 13.7. The van der Waals surface area contributed by atoms with Crippen molar-refractivity contribution in [3.8, 4) is 6.07 Å². The largest absolute Gasteiger partial charge is 0.408 e. The maximum Gasteiger partial charge on any atom is 0.408 e. The number of hydrogen-bond donors (Lipinski definition) is 0. The summed E-state index contributed by atoms with van der Waals surface area (Å²) in [4.78, 5) is 12.6. The molecule has 0 N–H and O–H groups in total. The zero-order valence-corrected chi connectivity index (χ0v) is 16.5. The van der Waals surface area contributed by atoms with Crippen molar-refractivity contribution < 1.29 is 13.2 Å². The van der Waals surface area contributed by atoms with Gasteiger partial charge in [0.15, 0.2) is 4.38 Å². The lowest BCUT2D eigenvalue weighted by molar-refractivity contribution is -0.143. The van der Waals surface area contributed by atoms with Gasteiger partial charge in [0, 0.05) is 12.8 Å². The van der Waals surface area contributed by atoms with Crippen LogP contribution in [-0.4, -0.2) is 27.4 Å². The number of halogens is 3. The Hall–Kier alpha value is -2.45. The van der Waals surface area contributed by atoms with E-state index < -0.39 is 18.3 Å². The average Bonchev–Trinajstić information content (AvgIpc) is 2.62. The van der Waals surface area contributed by atoms with Crippen LogP contribution in [0.4, 0.5) is 18.9 Å². The van der Waals surface area contributed by atoms with Crippen LogP contribution in [0.2, 0.25) is 0 Å². The molecule has 28 heavy (non-hydrogen) atoms. The first-order valence-corrected chi connectivity index (χ1v) is 9.77. The summed E-state index contributed by atoms with van der Waals surface area (Å²) in [5.74, 6) is 0.444. The molecule has 0 fully saturated rings. The van der Waals surface area contributed by atoms with Gasteiger partial charge in [0.2, 0.25) is 0 Å². The molecule has 3 rings (SSSR count). The minimum Gasteiger partial charge on any atom is -0.266 e. The molecule has 0 amide bonds. The van der Waals surface area contributed by atoms with Gasteiger partial charge < -0.3 is 0 Å². The van der Waals surface area contributed by atoms with Crippen LogP contribution in [0.5, 0.6) is 0 Å². The molecule has 1 aliphatic heterocycles. The molecule has 0 saturated carbocycles. The molecule has 0 atom stereocenters. The summed E-state index contributed by atoms with van der Waals surface area (Å²) < 4.78 is 38.8. The molecule has 2 heterocycles. The molecule has 2 aromatic rings. The minimum atomic E-state index is -4.54. The van der Waals surface area contributed by atoms with E-state index in [-0.39, 0.29) is 4.90 Å². The summed E-state index contributed by atoms with van der Waals surface area (Å²) in [6.45, 7) is 0.447. The fraction of sp³-hybridized carbons (Fsp3) is 0.294. The smallest absolute Gasteiger partial charge is 0.266 e. The van der Waals surface area contributed by atoms with Gasteiger partial charge in [-0.05, 0) is 24.1 Å². The van der Waals surface area contributed by atoms with Gasteiger partial charge in [-0.1, -0.05) is 35.7 Å². The van der Waals surface area contributed by atoms with E-state index in [2.05, 4.69) is 16.3 Å². The van der Waals surface area contributed by atoms with Crippen LogP contribution < -0.4 is 10.6 Å². The first kappa shape index (κ1) is 20.3. The molecule has 0 saturated heterocycles. The Labute approximate surface area is 167 Å². The maximum absolute atomic E-state index is 12.6. The summed E-state index contributed by atoms with van der Waals surface area (Å²) in [7, 11) is 1.60. The van der Waals surface area contributed by atoms with Gasteiger partial charge in [-0.25, -0.2) is 4.68 Å². The standard InChI is InChI=1S/C17H14F3N5OS2/c1-10-3-4-11(12(5-10)6-21)8-27-16-23-24(2)13-7-22-25(9-17(18,19)20)15(26)14(13)28-16/h3-5,7H,8-9H2,1-2H3. The summed E-state index contributed by atoms with van der Waals surface area (Å²) in [6.07, 6.45) is -3.34. The van der Waals surface area contributed by atoms with Crippen LogP contribution in [0.3, 0.4) is 0 Å². The Bertz CT molecular complexity index is 1040. The highest BCUT2D eigenvalue weighted by Crippen LogP contribution is 2.36. The Morgan fingerprint density at radius 2 is 2.11 bits per heavy atom.